The summed E-state index contributed by atoms with van der Waals surface area (Å²) in [6.07, 6.45) is 3.38. The fraction of sp³-hybridized carbons (Fsp3) is 0.475. The third-order valence-corrected chi connectivity index (χ3v) is 10.6. The summed E-state index contributed by atoms with van der Waals surface area (Å²) in [5, 5.41) is 47.8. The molecule has 0 radical (unpaired) electrons. The van der Waals surface area contributed by atoms with Gasteiger partial charge in [0, 0.05) is 67.2 Å². The number of carbonyl (C=O) groups excluding carboxylic acids is 4. The van der Waals surface area contributed by atoms with Crippen molar-refractivity contribution in [2.75, 3.05) is 19.0 Å². The number of nitrogens with two attached hydrogens (primary N) is 1. The van der Waals surface area contributed by atoms with E-state index in [4.69, 9.17) is 41.6 Å². The number of rotatable bonds is 5. The van der Waals surface area contributed by atoms with Crippen LogP contribution in [0.4, 0.5) is 5.69 Å². The minimum Gasteiger partial charge on any atom is -0.507 e. The van der Waals surface area contributed by atoms with Crippen LogP contribution in [0.15, 0.2) is 42.2 Å². The number of hydrazine groups is 1. The second-order valence-corrected chi connectivity index (χ2v) is 15.2. The zero-order chi connectivity index (χ0) is 43.4. The topological polar surface area (TPSA) is 257 Å². The molecular formula is C40H52N4O13S. The number of thiocarbonyl (C=S) groups is 1. The van der Waals surface area contributed by atoms with Crippen molar-refractivity contribution in [2.24, 2.45) is 29.4 Å². The smallest absolute Gasteiger partial charge is 0.312 e. The Balaban J connectivity index is 1.92. The van der Waals surface area contributed by atoms with Crippen LogP contribution in [0.5, 0.6) is 23.0 Å². The van der Waals surface area contributed by atoms with E-state index in [0.29, 0.717) is 0 Å². The molecule has 0 aliphatic carbocycles. The fourth-order valence-corrected chi connectivity index (χ4v) is 7.11. The van der Waals surface area contributed by atoms with Gasteiger partial charge in [-0.2, -0.15) is 0 Å². The predicted octanol–water partition coefficient (Wildman–Crippen LogP) is 3.29. The molecule has 0 saturated carbocycles. The van der Waals surface area contributed by atoms with Gasteiger partial charge < -0.3 is 55.2 Å². The van der Waals surface area contributed by atoms with Crippen LogP contribution < -0.4 is 31.4 Å². The first-order valence-electron chi connectivity index (χ1n) is 18.5. The Morgan fingerprint density at radius 2 is 1.67 bits per heavy atom. The molecular weight excluding hydrogens is 777 g/mol. The minimum absolute atomic E-state index is 0.0349. The van der Waals surface area contributed by atoms with Crippen LogP contribution >= 0.6 is 12.2 Å². The van der Waals surface area contributed by atoms with Crippen molar-refractivity contribution in [3.8, 4) is 23.0 Å². The Hall–Kier alpha value is -5.43. The number of aliphatic hydroxyl groups is 2. The number of ether oxygens (including phenoxy) is 5. The molecule has 316 valence electrons. The van der Waals surface area contributed by atoms with Crippen LogP contribution in [0.1, 0.15) is 64.4 Å². The molecule has 0 fully saturated rings. The number of ketones is 1. The molecule has 0 aromatic heterocycles. The lowest BCUT2D eigenvalue weighted by molar-refractivity contribution is -0.160. The summed E-state index contributed by atoms with van der Waals surface area (Å²) >= 11 is 4.72. The summed E-state index contributed by atoms with van der Waals surface area (Å²) in [6.45, 7) is 11.7. The number of aliphatic hydroxyl groups excluding tert-OH is 2. The average Bonchev–Trinajstić information content (AvgIpc) is 3.44. The van der Waals surface area contributed by atoms with Crippen molar-refractivity contribution in [2.45, 2.75) is 85.6 Å². The van der Waals surface area contributed by atoms with Gasteiger partial charge in [0.15, 0.2) is 17.5 Å². The number of phenols is 2. The number of phenolic OH excluding ortho intramolecular Hbond substituents is 2. The first-order chi connectivity index (χ1) is 27.1. The van der Waals surface area contributed by atoms with E-state index in [-0.39, 0.29) is 49.8 Å². The van der Waals surface area contributed by atoms with Crippen molar-refractivity contribution in [3.05, 3.63) is 53.3 Å². The lowest BCUT2D eigenvalue weighted by Gasteiger charge is -2.38. The molecule has 3 heterocycles. The second-order valence-electron chi connectivity index (χ2n) is 14.7. The Morgan fingerprint density at radius 1 is 1.00 bits per heavy atom. The van der Waals surface area contributed by atoms with Gasteiger partial charge in [0.25, 0.3) is 17.6 Å². The van der Waals surface area contributed by atoms with Crippen molar-refractivity contribution >= 4 is 57.4 Å². The maximum atomic E-state index is 14.4. The molecule has 3 aliphatic rings. The number of allylic oxidation sites excluding steroid dienone is 2. The van der Waals surface area contributed by atoms with Crippen LogP contribution in [-0.4, -0.2) is 93.0 Å². The molecule has 17 nitrogen and oxygen atoms in total. The minimum atomic E-state index is -2.06. The number of benzene rings is 2. The van der Waals surface area contributed by atoms with E-state index in [0.717, 1.165) is 0 Å². The third-order valence-electron chi connectivity index (χ3n) is 10.5. The number of hydrogen-bond donors (Lipinski definition) is 8. The highest BCUT2D eigenvalue weighted by Gasteiger charge is 2.49. The van der Waals surface area contributed by atoms with Gasteiger partial charge in [0.05, 0.1) is 41.2 Å². The van der Waals surface area contributed by atoms with Crippen LogP contribution in [0.2, 0.25) is 0 Å². The van der Waals surface area contributed by atoms with Crippen LogP contribution in [0, 0.1) is 30.6 Å². The molecule has 2 aromatic rings. The summed E-state index contributed by atoms with van der Waals surface area (Å²) in [4.78, 5) is 52.8. The van der Waals surface area contributed by atoms with Crippen molar-refractivity contribution < 1.29 is 63.3 Å². The lowest BCUT2D eigenvalue weighted by Crippen LogP contribution is -2.46. The first kappa shape index (κ1) is 45.3. The van der Waals surface area contributed by atoms with Gasteiger partial charge >= 0.3 is 11.8 Å². The molecule has 9 N–H and O–H groups in total. The molecule has 0 saturated heterocycles. The number of anilines is 1. The highest BCUT2D eigenvalue weighted by molar-refractivity contribution is 7.80. The van der Waals surface area contributed by atoms with Crippen LogP contribution in [-0.2, 0) is 28.6 Å². The normalized spacial score (nSPS) is 29.9. The van der Waals surface area contributed by atoms with Crippen molar-refractivity contribution in [3.63, 3.8) is 0 Å². The molecule has 5 rings (SSSR count). The Bertz CT molecular complexity index is 2050. The molecule has 18 heteroatoms. The molecule has 58 heavy (non-hydrogen) atoms. The largest absolute Gasteiger partial charge is 0.507 e. The maximum Gasteiger partial charge on any atom is 0.312 e. The number of methoxy groups -OCH3 is 1. The average molecular weight is 829 g/mol. The number of carbonyl (C=O) groups is 4. The van der Waals surface area contributed by atoms with Crippen molar-refractivity contribution in [1.82, 2.24) is 10.9 Å². The van der Waals surface area contributed by atoms with Gasteiger partial charge in [-0.15, -0.1) is 0 Å². The molecule has 3 aliphatic heterocycles. The van der Waals surface area contributed by atoms with Gasteiger partial charge in [-0.3, -0.25) is 30.0 Å². The Kier molecular flexibility index (Phi) is 14.4. The molecule has 0 spiro atoms. The van der Waals surface area contributed by atoms with Gasteiger partial charge in [0.1, 0.15) is 23.4 Å². The first-order valence-corrected chi connectivity index (χ1v) is 18.9. The monoisotopic (exact) mass is 828 g/mol. The quantitative estimate of drug-likeness (QED) is 0.0931. The van der Waals surface area contributed by atoms with Crippen LogP contribution in [0.3, 0.4) is 0 Å². The zero-order valence-electron chi connectivity index (χ0n) is 33.7. The highest BCUT2D eigenvalue weighted by atomic mass is 32.1. The number of hydrogen-bond acceptors (Lipinski definition) is 14. The summed E-state index contributed by atoms with van der Waals surface area (Å²) < 4.78 is 29.3. The van der Waals surface area contributed by atoms with E-state index in [1.165, 1.54) is 59.3 Å². The fourth-order valence-electron chi connectivity index (χ4n) is 7.06. The van der Waals surface area contributed by atoms with E-state index >= 15 is 0 Å². The number of Topliss-reactive ketones (excluding diaryl/α,β-unsaturated/α-hetero) is 1. The third kappa shape index (κ3) is 9.47. The van der Waals surface area contributed by atoms with E-state index in [1.54, 1.807) is 39.8 Å². The Morgan fingerprint density at radius 3 is 2.29 bits per heavy atom. The van der Waals surface area contributed by atoms with Crippen molar-refractivity contribution in [1.29, 1.82) is 0 Å². The van der Waals surface area contributed by atoms with Gasteiger partial charge in [0.2, 0.25) is 0 Å². The van der Waals surface area contributed by atoms with Crippen LogP contribution in [0.25, 0.3) is 10.8 Å². The number of fused-ring (bicyclic) bond motifs is 14. The standard InChI is InChI=1S/C40H52N4O13S/c1-17-11-10-12-18(2)38(52)42-24-15-26(54-16-27(46)43-44-39(41)58)28-29(34(24)50)33(49)22(6)36-30(28)37(51)40(8,57-36)55-14-13-25(53-9)19(3)35(56-23(7)45)21(5)32(48)20(4)31(17)47/h10-15,17,19-21,25,31-32,35,47-50H,16H2,1-9H3,(H,42,52)(H,43,46)(H3,41,44,58)/b11-10+,14-13+,18-12-/t17-,19+,20+,21+,25-,31-,32+,35+,40-/m0/s1. The van der Waals surface area contributed by atoms with Gasteiger partial charge in [-0.05, 0) is 32.1 Å². The summed E-state index contributed by atoms with van der Waals surface area (Å²) in [5.74, 6) is -8.88. The molecule has 0 unspecified atom stereocenters. The summed E-state index contributed by atoms with van der Waals surface area (Å²) in [5.41, 5.74) is 9.69. The van der Waals surface area contributed by atoms with Gasteiger partial charge in [-0.1, -0.05) is 45.9 Å². The van der Waals surface area contributed by atoms with E-state index in [2.05, 4.69) is 16.2 Å². The number of amides is 2. The summed E-state index contributed by atoms with van der Waals surface area (Å²) in [6, 6.07) is 1.18. The van der Waals surface area contributed by atoms with E-state index in [1.807, 2.05) is 0 Å². The Labute approximate surface area is 341 Å². The molecule has 5 bridgehead atoms. The van der Waals surface area contributed by atoms with Gasteiger partial charge in [-0.25, -0.2) is 0 Å². The molecule has 9 atom stereocenters. The highest BCUT2D eigenvalue weighted by Crippen LogP contribution is 2.54. The molecule has 2 aromatic carbocycles. The number of nitrogens with one attached hydrogen (secondary N) is 3. The second kappa shape index (κ2) is 18.4. The molecule has 2 amide bonds. The van der Waals surface area contributed by atoms with E-state index < -0.39 is 95.5 Å². The maximum absolute atomic E-state index is 14.4. The summed E-state index contributed by atoms with van der Waals surface area (Å²) in [7, 11) is 1.42. The SMILES string of the molecule is CO[C@H]1/C=C/O[C@@]2(C)Oc3c(C)c(O)c4c(O)c(cc(OCC(=O)NNC(N)=S)c4c3C2=O)NC(=O)/C(C)=C\C=C\[C@H](C)[C@H](O)[C@@H](C)[C@@H](O)[C@@H](C)[C@H](OC(C)=O)[C@@H]1C. The number of aromatic hydroxyl groups is 2. The lowest BCUT2D eigenvalue weighted by atomic mass is 9.78. The number of esters is 1. The van der Waals surface area contributed by atoms with E-state index in [9.17, 15) is 39.6 Å². The zero-order valence-corrected chi connectivity index (χ0v) is 34.6. The predicted molar refractivity (Wildman–Crippen MR) is 216 cm³/mol.